The maximum Gasteiger partial charge on any atom is 0.416 e. The Hall–Kier alpha value is -3.60. The van der Waals surface area contributed by atoms with E-state index in [1.165, 1.54) is 24.5 Å². The van der Waals surface area contributed by atoms with Crippen molar-refractivity contribution in [2.75, 3.05) is 16.8 Å². The Balaban J connectivity index is 1.44. The van der Waals surface area contributed by atoms with Gasteiger partial charge in [-0.3, -0.25) is 0 Å². The second-order valence-corrected chi connectivity index (χ2v) is 10.9. The number of nitrogens with two attached hydrogens (primary N) is 2. The lowest BCUT2D eigenvalue weighted by atomic mass is 10.0. The third-order valence-electron chi connectivity index (χ3n) is 6.13. The molecular formula is C25H26F3N5O2S. The van der Waals surface area contributed by atoms with Crippen LogP contribution in [0.15, 0.2) is 53.7 Å². The number of hydrogen-bond donors (Lipinski definition) is 3. The number of nitrogens with zero attached hydrogens (tertiary/aromatic N) is 2. The molecule has 2 aromatic carbocycles. The predicted octanol–water partition coefficient (Wildman–Crippen LogP) is 5.68. The Morgan fingerprint density at radius 2 is 1.58 bits per heavy atom. The van der Waals surface area contributed by atoms with Gasteiger partial charge in [0.1, 0.15) is 0 Å². The zero-order valence-corrected chi connectivity index (χ0v) is 20.1. The topological polar surface area (TPSA) is 124 Å². The molecule has 0 spiro atoms. The van der Waals surface area contributed by atoms with Gasteiger partial charge in [0.15, 0.2) is 9.84 Å². The first-order valence-corrected chi connectivity index (χ1v) is 13.0. The van der Waals surface area contributed by atoms with Gasteiger partial charge in [0.05, 0.1) is 27.1 Å². The molecule has 36 heavy (non-hydrogen) atoms. The van der Waals surface area contributed by atoms with E-state index in [9.17, 15) is 21.6 Å². The SMILES string of the molecule is Nc1cc(C(F)(F)F)cc(/C=C/c2cnc(Nc3ccc(S(=O)(=O)C4CCCCC4)cc3)nc2)c1N. The Morgan fingerprint density at radius 1 is 0.944 bits per heavy atom. The van der Waals surface area contributed by atoms with E-state index in [4.69, 9.17) is 11.5 Å². The summed E-state index contributed by atoms with van der Waals surface area (Å²) in [4.78, 5) is 8.70. The third-order valence-corrected chi connectivity index (χ3v) is 8.41. The van der Waals surface area contributed by atoms with Crippen LogP contribution < -0.4 is 16.8 Å². The highest BCUT2D eigenvalue weighted by Crippen LogP contribution is 2.35. The highest BCUT2D eigenvalue weighted by atomic mass is 32.2. The molecule has 0 saturated heterocycles. The van der Waals surface area contributed by atoms with Gasteiger partial charge < -0.3 is 16.8 Å². The summed E-state index contributed by atoms with van der Waals surface area (Å²) >= 11 is 0. The molecule has 1 saturated carbocycles. The summed E-state index contributed by atoms with van der Waals surface area (Å²) in [5, 5.41) is 2.68. The van der Waals surface area contributed by atoms with Crippen molar-refractivity contribution in [2.45, 2.75) is 48.4 Å². The molecule has 0 atom stereocenters. The Bertz CT molecular complexity index is 1350. The van der Waals surface area contributed by atoms with Gasteiger partial charge in [-0.05, 0) is 49.2 Å². The van der Waals surface area contributed by atoms with Crippen molar-refractivity contribution < 1.29 is 21.6 Å². The predicted molar refractivity (Wildman–Crippen MR) is 135 cm³/mol. The Morgan fingerprint density at radius 3 is 2.19 bits per heavy atom. The van der Waals surface area contributed by atoms with Crippen LogP contribution in [-0.2, 0) is 16.0 Å². The van der Waals surface area contributed by atoms with Gasteiger partial charge in [-0.1, -0.05) is 31.4 Å². The van der Waals surface area contributed by atoms with Gasteiger partial charge in [0.2, 0.25) is 5.95 Å². The maximum atomic E-state index is 13.1. The standard InChI is InChI=1S/C25H26F3N5O2S/c26-25(27,28)18-12-17(23(30)22(29)13-18)7-6-16-14-31-24(32-15-16)33-19-8-10-21(11-9-19)36(34,35)20-4-2-1-3-5-20/h6-15,20H,1-5,29-30H2,(H,31,32,33)/b7-6+. The average molecular weight is 518 g/mol. The first kappa shape index (κ1) is 25.5. The molecule has 1 aliphatic carbocycles. The molecule has 1 fully saturated rings. The lowest BCUT2D eigenvalue weighted by Gasteiger charge is -2.21. The van der Waals surface area contributed by atoms with E-state index >= 15 is 0 Å². The van der Waals surface area contributed by atoms with Crippen molar-refractivity contribution in [2.24, 2.45) is 0 Å². The van der Waals surface area contributed by atoms with Crippen molar-refractivity contribution in [3.8, 4) is 0 Å². The molecule has 1 heterocycles. The minimum absolute atomic E-state index is 0.0485. The van der Waals surface area contributed by atoms with Gasteiger partial charge in [0, 0.05) is 29.2 Å². The number of benzene rings is 2. The minimum atomic E-state index is -4.54. The molecule has 11 heteroatoms. The number of anilines is 4. The second-order valence-electron chi connectivity index (χ2n) is 8.69. The van der Waals surface area contributed by atoms with E-state index in [-0.39, 0.29) is 28.1 Å². The highest BCUT2D eigenvalue weighted by Gasteiger charge is 2.31. The third kappa shape index (κ3) is 5.78. The molecule has 0 radical (unpaired) electrons. The molecule has 3 aromatic rings. The number of sulfone groups is 1. The number of alkyl halides is 3. The fourth-order valence-electron chi connectivity index (χ4n) is 4.10. The van der Waals surface area contributed by atoms with Crippen molar-refractivity contribution >= 4 is 45.0 Å². The lowest BCUT2D eigenvalue weighted by Crippen LogP contribution is -2.24. The summed E-state index contributed by atoms with van der Waals surface area (Å²) in [6.45, 7) is 0. The van der Waals surface area contributed by atoms with Crippen molar-refractivity contribution in [3.05, 3.63) is 65.5 Å². The fraction of sp³-hybridized carbons (Fsp3) is 0.280. The number of nitrogens with one attached hydrogen (secondary N) is 1. The molecule has 1 aliphatic rings. The molecule has 7 nitrogen and oxygen atoms in total. The zero-order chi connectivity index (χ0) is 25.9. The largest absolute Gasteiger partial charge is 0.416 e. The lowest BCUT2D eigenvalue weighted by molar-refractivity contribution is -0.137. The molecule has 0 amide bonds. The van der Waals surface area contributed by atoms with E-state index < -0.39 is 21.6 Å². The Kier molecular flexibility index (Phi) is 7.21. The van der Waals surface area contributed by atoms with Crippen LogP contribution in [0.25, 0.3) is 12.2 Å². The monoisotopic (exact) mass is 517 g/mol. The Labute approximate surface area is 207 Å². The van der Waals surface area contributed by atoms with Crippen LogP contribution in [0.3, 0.4) is 0 Å². The molecule has 1 aromatic heterocycles. The second kappa shape index (κ2) is 10.2. The van der Waals surface area contributed by atoms with Crippen LogP contribution in [0.4, 0.5) is 36.2 Å². The van der Waals surface area contributed by atoms with Crippen molar-refractivity contribution in [1.82, 2.24) is 9.97 Å². The molecule has 190 valence electrons. The zero-order valence-electron chi connectivity index (χ0n) is 19.3. The molecule has 0 bridgehead atoms. The van der Waals surface area contributed by atoms with Gasteiger partial charge >= 0.3 is 6.18 Å². The van der Waals surface area contributed by atoms with Crippen LogP contribution in [0.5, 0.6) is 0 Å². The molecule has 5 N–H and O–H groups in total. The summed E-state index contributed by atoms with van der Waals surface area (Å²) in [7, 11) is -3.35. The molecule has 0 aliphatic heterocycles. The molecule has 4 rings (SSSR count). The quantitative estimate of drug-likeness (QED) is 0.359. The van der Waals surface area contributed by atoms with Crippen molar-refractivity contribution in [1.29, 1.82) is 0 Å². The van der Waals surface area contributed by atoms with Crippen LogP contribution >= 0.6 is 0 Å². The van der Waals surface area contributed by atoms with Gasteiger partial charge in [0.25, 0.3) is 0 Å². The first-order valence-electron chi connectivity index (χ1n) is 11.4. The van der Waals surface area contributed by atoms with Crippen LogP contribution in [0.1, 0.15) is 48.8 Å². The van der Waals surface area contributed by atoms with Gasteiger partial charge in [-0.25, -0.2) is 18.4 Å². The van der Waals surface area contributed by atoms with E-state index in [2.05, 4.69) is 15.3 Å². The molecule has 0 unspecified atom stereocenters. The van der Waals surface area contributed by atoms with Crippen LogP contribution in [0, 0.1) is 0 Å². The number of aromatic nitrogens is 2. The minimum Gasteiger partial charge on any atom is -0.397 e. The van der Waals surface area contributed by atoms with E-state index in [1.807, 2.05) is 0 Å². The summed E-state index contributed by atoms with van der Waals surface area (Å²) in [6, 6.07) is 8.20. The van der Waals surface area contributed by atoms with Crippen LogP contribution in [0.2, 0.25) is 0 Å². The number of rotatable bonds is 6. The van der Waals surface area contributed by atoms with E-state index in [0.29, 0.717) is 29.0 Å². The molecular weight excluding hydrogens is 491 g/mol. The summed E-state index contributed by atoms with van der Waals surface area (Å²) in [5.41, 5.74) is 11.7. The summed E-state index contributed by atoms with van der Waals surface area (Å²) < 4.78 is 64.9. The average Bonchev–Trinajstić information content (AvgIpc) is 2.86. The highest BCUT2D eigenvalue weighted by molar-refractivity contribution is 7.92. The normalized spacial score (nSPS) is 15.3. The van der Waals surface area contributed by atoms with Gasteiger partial charge in [-0.15, -0.1) is 0 Å². The number of hydrogen-bond acceptors (Lipinski definition) is 7. The fourth-order valence-corrected chi connectivity index (χ4v) is 5.95. The first-order chi connectivity index (χ1) is 17.0. The number of halogens is 3. The van der Waals surface area contributed by atoms with Crippen LogP contribution in [-0.4, -0.2) is 23.6 Å². The smallest absolute Gasteiger partial charge is 0.397 e. The number of nitrogen functional groups attached to an aromatic ring is 2. The van der Waals surface area contributed by atoms with Gasteiger partial charge in [-0.2, -0.15) is 13.2 Å². The maximum absolute atomic E-state index is 13.1. The van der Waals surface area contributed by atoms with E-state index in [1.54, 1.807) is 24.3 Å². The van der Waals surface area contributed by atoms with Crippen molar-refractivity contribution in [3.63, 3.8) is 0 Å². The summed E-state index contributed by atoms with van der Waals surface area (Å²) in [6.07, 6.45) is 5.73. The summed E-state index contributed by atoms with van der Waals surface area (Å²) in [5.74, 6) is 0.276. The van der Waals surface area contributed by atoms with E-state index in [0.717, 1.165) is 31.4 Å².